The van der Waals surface area contributed by atoms with Crippen molar-refractivity contribution < 1.29 is 230 Å². The summed E-state index contributed by atoms with van der Waals surface area (Å²) in [6.07, 6.45) is 0. The first-order chi connectivity index (χ1) is 5.52. The number of rotatable bonds is 1. The average Bonchev–Trinajstić information content (AvgIpc) is 2.03. The van der Waals surface area contributed by atoms with Crippen LogP contribution in [-0.4, -0.2) is 3.90 Å². The Morgan fingerprint density at radius 2 is 1.14 bits per heavy atom. The van der Waals surface area contributed by atoms with E-state index in [9.17, 15) is 0 Å². The maximum absolute atomic E-state index is 3.26. The van der Waals surface area contributed by atoms with Crippen LogP contribution in [0, 0.1) is 11.5 Å². The van der Waals surface area contributed by atoms with Gasteiger partial charge in [0, 0.05) is 211 Å². The van der Waals surface area contributed by atoms with E-state index in [1.54, 1.807) is 19.4 Å². The van der Waals surface area contributed by atoms with Crippen LogP contribution in [0.4, 0.5) is 0 Å². The van der Waals surface area contributed by atoms with E-state index in [0.29, 0.717) is 0 Å². The van der Waals surface area contributed by atoms with Crippen LogP contribution in [0.15, 0.2) is 24.3 Å². The van der Waals surface area contributed by atoms with E-state index in [1.165, 1.54) is 9.46 Å². The van der Waals surface area contributed by atoms with Gasteiger partial charge in [-0.15, -0.1) is 0 Å². The van der Waals surface area contributed by atoms with Gasteiger partial charge in [-0.2, -0.15) is 0 Å². The van der Waals surface area contributed by atoms with Gasteiger partial charge in [0.15, 0.2) is 0 Å². The van der Waals surface area contributed by atoms with Gasteiger partial charge in [0.2, 0.25) is 0 Å². The predicted octanol–water partition coefficient (Wildman–Crippen LogP) is 2.58. The van der Waals surface area contributed by atoms with Gasteiger partial charge in [-0.3, -0.25) is 0 Å². The summed E-state index contributed by atoms with van der Waals surface area (Å²) in [7, 11) is 0. The van der Waals surface area contributed by atoms with Gasteiger partial charge in [-0.25, -0.2) is 0 Å². The molecule has 0 radical (unpaired) electrons. The summed E-state index contributed by atoms with van der Waals surface area (Å²) in [4.78, 5) is 0. The molecule has 1 aromatic carbocycles. The monoisotopic (exact) mass is 2170 g/mol. The minimum Gasteiger partial charge on any atom is 0 e. The van der Waals surface area contributed by atoms with Crippen molar-refractivity contribution in [2.75, 3.05) is 0 Å². The fourth-order valence-electron chi connectivity index (χ4n) is 0.939. The zero-order valence-electron chi connectivity index (χ0n) is 11.8. The molecule has 0 aliphatic carbocycles. The molecule has 0 aromatic heterocycles. The Morgan fingerprint density at radius 1 is 0.773 bits per heavy atom. The van der Waals surface area contributed by atoms with Gasteiger partial charge in [0.25, 0.3) is 0 Å². The summed E-state index contributed by atoms with van der Waals surface area (Å²) in [5.41, 5.74) is 1.55. The molecule has 0 fully saturated rings. The molecule has 1 aromatic rings. The van der Waals surface area contributed by atoms with Gasteiger partial charge >= 0.3 is 85.3 Å². The molecule has 0 atom stereocenters. The number of benzene rings is 1. The van der Waals surface area contributed by atoms with E-state index in [-0.39, 0.29) is 216 Å². The second kappa shape index (κ2) is 35.1. The van der Waals surface area contributed by atoms with Gasteiger partial charge in [0.1, 0.15) is 0 Å². The van der Waals surface area contributed by atoms with Crippen molar-refractivity contribution in [1.82, 2.24) is 0 Å². The molecule has 22 heavy (non-hydrogen) atoms. The normalized spacial score (nSPS) is 6.14. The molecule has 1 rings (SSSR count). The molecule has 124 valence electrons. The first kappa shape index (κ1) is 63.0. The first-order valence-electron chi connectivity index (χ1n) is 4.03. The molecule has 0 N–H and O–H groups in total. The van der Waals surface area contributed by atoms with Crippen LogP contribution in [0.2, 0.25) is 0 Å². The number of hydrogen-bond donors (Lipinski definition) is 0. The standard InChI is InChI=1S/C11H13.11W/c1-11(2,3)9-10-7-5-4-6-8-10;;;;;;;;;;;/h4-7H,1-3H3;;;;;;;;;;;/q-1;;;;;;;;;;;. The average molecular weight is 2170 g/mol. The minimum absolute atomic E-state index is 0. The summed E-state index contributed by atoms with van der Waals surface area (Å²) in [5, 5.41) is 0. The molecule has 0 saturated heterocycles. The molecule has 0 aliphatic rings. The predicted molar refractivity (Wildman–Crippen MR) is 48.8 cm³/mol. The van der Waals surface area contributed by atoms with Crippen LogP contribution in [0.1, 0.15) is 26.3 Å². The quantitative estimate of drug-likeness (QED) is 0.381. The maximum Gasteiger partial charge on any atom is 0 e. The summed E-state index contributed by atoms with van der Waals surface area (Å²) in [6.45, 7) is 6.74. The summed E-state index contributed by atoms with van der Waals surface area (Å²) in [6, 6.07) is 11.4. The molecule has 0 saturated carbocycles. The van der Waals surface area contributed by atoms with Crippen LogP contribution in [0.25, 0.3) is 0 Å². The van der Waals surface area contributed by atoms with Gasteiger partial charge in [-0.1, -0.05) is 0 Å². The van der Waals surface area contributed by atoms with E-state index >= 15 is 0 Å². The minimum atomic E-state index is 0. The van der Waals surface area contributed by atoms with Crippen LogP contribution in [0.3, 0.4) is 0 Å². The Kier molecular flexibility index (Phi) is 101. The third-order valence-electron chi connectivity index (χ3n) is 1.63. The second-order valence-corrected chi connectivity index (χ2v) is 5.32. The van der Waals surface area contributed by atoms with Crippen LogP contribution >= 0.6 is 0 Å². The first-order valence-corrected chi connectivity index (χ1v) is 5.50. The summed E-state index contributed by atoms with van der Waals surface area (Å²) >= 11 is 1.54. The molecule has 0 nitrogen and oxygen atoms in total. The molecule has 0 heterocycles. The molecular weight excluding hydrogens is 2150 g/mol. The van der Waals surface area contributed by atoms with Crippen LogP contribution < -0.4 is 0 Å². The zero-order valence-corrected chi connectivity index (χ0v) is 44.1. The third-order valence-corrected chi connectivity index (χ3v) is 4.63. The molecule has 0 spiro atoms. The van der Waals surface area contributed by atoms with Crippen molar-refractivity contribution in [1.29, 1.82) is 0 Å². The molecular formula is C11H13W11-. The smallest absolute Gasteiger partial charge is 0 e. The van der Waals surface area contributed by atoms with E-state index in [1.807, 2.05) is 12.1 Å². The zero-order chi connectivity index (χ0) is 9.19. The molecule has 0 unspecified atom stereocenters. The van der Waals surface area contributed by atoms with Crippen molar-refractivity contribution in [3.63, 3.8) is 0 Å². The Morgan fingerprint density at radius 3 is 1.36 bits per heavy atom. The van der Waals surface area contributed by atoms with Gasteiger partial charge in [-0.05, 0) is 0 Å². The topological polar surface area (TPSA) is 0 Å². The fraction of sp³-hybridized carbons (Fsp3) is 0.364. The Labute approximate surface area is 289 Å². The summed E-state index contributed by atoms with van der Waals surface area (Å²) in [5.74, 6) is 0. The molecule has 0 amide bonds. The van der Waals surface area contributed by atoms with E-state index in [4.69, 9.17) is 0 Å². The van der Waals surface area contributed by atoms with Crippen molar-refractivity contribution in [3.05, 3.63) is 35.9 Å². The van der Waals surface area contributed by atoms with Crippen LogP contribution in [0.5, 0.6) is 0 Å². The second-order valence-electron chi connectivity index (χ2n) is 3.86. The van der Waals surface area contributed by atoms with E-state index < -0.39 is 0 Å². The Balaban J connectivity index is -0.0000000180. The van der Waals surface area contributed by atoms with Gasteiger partial charge in [0.05, 0.1) is 0 Å². The van der Waals surface area contributed by atoms with Gasteiger partial charge < -0.3 is 0 Å². The molecule has 0 aliphatic heterocycles. The Hall–Kier alpha value is 6.66. The van der Waals surface area contributed by atoms with Crippen molar-refractivity contribution in [2.24, 2.45) is 5.41 Å². The summed E-state index contributed by atoms with van der Waals surface area (Å²) < 4.78 is 1.48. The Bertz CT molecular complexity index is 284. The van der Waals surface area contributed by atoms with E-state index in [0.717, 1.165) is 0 Å². The largest absolute Gasteiger partial charge is 0 e. The maximum atomic E-state index is 3.26. The molecule has 11 heteroatoms. The third kappa shape index (κ3) is 28.9. The van der Waals surface area contributed by atoms with Crippen molar-refractivity contribution in [2.45, 2.75) is 20.8 Å². The van der Waals surface area contributed by atoms with Crippen molar-refractivity contribution >= 4 is 3.90 Å². The van der Waals surface area contributed by atoms with E-state index in [2.05, 4.69) is 39.0 Å². The molecule has 0 bridgehead atoms. The van der Waals surface area contributed by atoms with Crippen molar-refractivity contribution in [3.8, 4) is 0 Å². The number of hydrogen-bond acceptors (Lipinski definition) is 0. The van der Waals surface area contributed by atoms with Crippen LogP contribution in [-0.2, 0) is 230 Å². The fourth-order valence-corrected chi connectivity index (χ4v) is 1.39. The SMILES string of the molecule is CC(C)(C)[C](=[W])c1[c-]cccc1.[W].[W].[W].[W].[W].[W].[W].[W].[W].[W].